The molecule has 92 valence electrons. The van der Waals surface area contributed by atoms with Gasteiger partial charge in [0.15, 0.2) is 0 Å². The van der Waals surface area contributed by atoms with Crippen LogP contribution in [0, 0.1) is 0 Å². The number of carbonyl (C=O) groups is 2. The van der Waals surface area contributed by atoms with Gasteiger partial charge in [0.05, 0.1) is 19.6 Å². The third-order valence-electron chi connectivity index (χ3n) is 2.98. The molecule has 0 radical (unpaired) electrons. The molecule has 0 aromatic rings. The van der Waals surface area contributed by atoms with Gasteiger partial charge in [-0.1, -0.05) is 0 Å². The van der Waals surface area contributed by atoms with E-state index < -0.39 is 0 Å². The molecule has 1 rings (SSSR count). The van der Waals surface area contributed by atoms with E-state index in [2.05, 4.69) is 11.8 Å². The largest absolute Gasteiger partial charge is 0.466 e. The lowest BCUT2D eigenvalue weighted by molar-refractivity contribution is -0.144. The first-order valence-electron chi connectivity index (χ1n) is 6.05. The van der Waals surface area contributed by atoms with Gasteiger partial charge in [0.25, 0.3) is 0 Å². The van der Waals surface area contributed by atoms with Crippen LogP contribution in [0.25, 0.3) is 0 Å². The van der Waals surface area contributed by atoms with Crippen LogP contribution in [0.3, 0.4) is 0 Å². The molecular weight excluding hydrogens is 206 g/mol. The van der Waals surface area contributed by atoms with E-state index in [1.165, 1.54) is 12.8 Å². The summed E-state index contributed by atoms with van der Waals surface area (Å²) in [5.74, 6) is -0.132. The van der Waals surface area contributed by atoms with Crippen LogP contribution in [0.1, 0.15) is 39.5 Å². The number of esters is 1. The first kappa shape index (κ1) is 13.2. The molecule has 0 spiro atoms. The van der Waals surface area contributed by atoms with Crippen LogP contribution in [-0.2, 0) is 14.3 Å². The smallest absolute Gasteiger partial charge is 0.306 e. The SMILES string of the molecule is CCOC(=O)CCC(=O)CN1CCCC1C. The number of hydrogen-bond donors (Lipinski definition) is 0. The van der Waals surface area contributed by atoms with Gasteiger partial charge in [-0.3, -0.25) is 14.5 Å². The Labute approximate surface area is 96.9 Å². The molecule has 1 aliphatic heterocycles. The summed E-state index contributed by atoms with van der Waals surface area (Å²) >= 11 is 0. The number of Topliss-reactive ketones (excluding diaryl/α,β-unsaturated/α-hetero) is 1. The Morgan fingerprint density at radius 3 is 2.69 bits per heavy atom. The predicted molar refractivity (Wildman–Crippen MR) is 61.1 cm³/mol. The van der Waals surface area contributed by atoms with Crippen molar-refractivity contribution >= 4 is 11.8 Å². The van der Waals surface area contributed by atoms with Gasteiger partial charge in [-0.25, -0.2) is 0 Å². The van der Waals surface area contributed by atoms with Gasteiger partial charge in [0.2, 0.25) is 0 Å². The summed E-state index contributed by atoms with van der Waals surface area (Å²) in [6.07, 6.45) is 2.87. The molecule has 1 atom stereocenters. The van der Waals surface area contributed by atoms with E-state index >= 15 is 0 Å². The van der Waals surface area contributed by atoms with E-state index in [0.717, 1.165) is 6.54 Å². The lowest BCUT2D eigenvalue weighted by Gasteiger charge is -2.19. The molecule has 0 aromatic heterocycles. The quantitative estimate of drug-likeness (QED) is 0.643. The van der Waals surface area contributed by atoms with E-state index in [0.29, 0.717) is 25.6 Å². The van der Waals surface area contributed by atoms with Gasteiger partial charge >= 0.3 is 5.97 Å². The van der Waals surface area contributed by atoms with Crippen molar-refractivity contribution in [1.29, 1.82) is 0 Å². The van der Waals surface area contributed by atoms with Crippen molar-refractivity contribution in [1.82, 2.24) is 4.90 Å². The fourth-order valence-electron chi connectivity index (χ4n) is 2.01. The van der Waals surface area contributed by atoms with Crippen LogP contribution in [-0.4, -0.2) is 42.4 Å². The highest BCUT2D eigenvalue weighted by Crippen LogP contribution is 2.16. The van der Waals surface area contributed by atoms with Crippen LogP contribution in [0.5, 0.6) is 0 Å². The van der Waals surface area contributed by atoms with E-state index in [-0.39, 0.29) is 18.2 Å². The van der Waals surface area contributed by atoms with Gasteiger partial charge in [-0.15, -0.1) is 0 Å². The third kappa shape index (κ3) is 4.31. The number of rotatable bonds is 6. The Morgan fingerprint density at radius 2 is 2.12 bits per heavy atom. The average molecular weight is 227 g/mol. The molecule has 0 aliphatic carbocycles. The summed E-state index contributed by atoms with van der Waals surface area (Å²) in [5, 5.41) is 0. The fraction of sp³-hybridized carbons (Fsp3) is 0.833. The number of ether oxygens (including phenoxy) is 1. The number of carbonyl (C=O) groups excluding carboxylic acids is 2. The topological polar surface area (TPSA) is 46.6 Å². The number of hydrogen-bond acceptors (Lipinski definition) is 4. The average Bonchev–Trinajstić information content (AvgIpc) is 2.62. The van der Waals surface area contributed by atoms with Crippen molar-refractivity contribution in [3.63, 3.8) is 0 Å². The first-order valence-corrected chi connectivity index (χ1v) is 6.05. The lowest BCUT2D eigenvalue weighted by atomic mass is 10.2. The zero-order valence-electron chi connectivity index (χ0n) is 10.2. The molecule has 16 heavy (non-hydrogen) atoms. The van der Waals surface area contributed by atoms with Gasteiger partial charge in [-0.2, -0.15) is 0 Å². The van der Waals surface area contributed by atoms with Crippen LogP contribution in [0.2, 0.25) is 0 Å². The minimum atomic E-state index is -0.273. The second kappa shape index (κ2) is 6.63. The molecule has 0 saturated carbocycles. The van der Waals surface area contributed by atoms with Crippen LogP contribution >= 0.6 is 0 Å². The highest BCUT2D eigenvalue weighted by atomic mass is 16.5. The highest BCUT2D eigenvalue weighted by Gasteiger charge is 2.22. The summed E-state index contributed by atoms with van der Waals surface area (Å²) in [6.45, 7) is 5.79. The van der Waals surface area contributed by atoms with Crippen molar-refractivity contribution in [3.05, 3.63) is 0 Å². The molecule has 4 nitrogen and oxygen atoms in total. The van der Waals surface area contributed by atoms with Crippen LogP contribution in [0.15, 0.2) is 0 Å². The maximum Gasteiger partial charge on any atom is 0.306 e. The Balaban J connectivity index is 2.18. The van der Waals surface area contributed by atoms with Gasteiger partial charge < -0.3 is 4.74 Å². The molecule has 0 N–H and O–H groups in total. The molecule has 1 unspecified atom stereocenters. The molecule has 1 aliphatic rings. The monoisotopic (exact) mass is 227 g/mol. The van der Waals surface area contributed by atoms with E-state index in [9.17, 15) is 9.59 Å². The van der Waals surface area contributed by atoms with Crippen LogP contribution in [0.4, 0.5) is 0 Å². The number of likely N-dealkylation sites (tertiary alicyclic amines) is 1. The molecule has 0 bridgehead atoms. The molecular formula is C12H21NO3. The van der Waals surface area contributed by atoms with E-state index in [1.54, 1.807) is 6.92 Å². The second-order valence-electron chi connectivity index (χ2n) is 4.31. The summed E-state index contributed by atoms with van der Waals surface area (Å²) in [6, 6.07) is 0.506. The summed E-state index contributed by atoms with van der Waals surface area (Å²) in [4.78, 5) is 24.9. The van der Waals surface area contributed by atoms with Crippen molar-refractivity contribution in [3.8, 4) is 0 Å². The second-order valence-corrected chi connectivity index (χ2v) is 4.31. The Kier molecular flexibility index (Phi) is 5.46. The van der Waals surface area contributed by atoms with E-state index in [4.69, 9.17) is 4.74 Å². The molecule has 4 heteroatoms. The first-order chi connectivity index (χ1) is 7.63. The molecule has 0 aromatic carbocycles. The highest BCUT2D eigenvalue weighted by molar-refractivity contribution is 5.84. The van der Waals surface area contributed by atoms with Crippen molar-refractivity contribution in [2.75, 3.05) is 19.7 Å². The molecule has 1 heterocycles. The van der Waals surface area contributed by atoms with Gasteiger partial charge in [0, 0.05) is 12.5 Å². The number of ketones is 1. The predicted octanol–water partition coefficient (Wildman–Crippen LogP) is 1.38. The van der Waals surface area contributed by atoms with Gasteiger partial charge in [0.1, 0.15) is 5.78 Å². The Hall–Kier alpha value is -0.900. The molecule has 1 saturated heterocycles. The molecule has 1 fully saturated rings. The maximum atomic E-state index is 11.6. The normalized spacial score (nSPS) is 21.0. The zero-order chi connectivity index (χ0) is 12.0. The zero-order valence-corrected chi connectivity index (χ0v) is 10.2. The summed E-state index contributed by atoms with van der Waals surface area (Å²) in [7, 11) is 0. The lowest BCUT2D eigenvalue weighted by Crippen LogP contribution is -2.32. The standard InChI is InChI=1S/C12H21NO3/c1-3-16-12(15)7-6-11(14)9-13-8-4-5-10(13)2/h10H,3-9H2,1-2H3. The Morgan fingerprint density at radius 1 is 1.38 bits per heavy atom. The Bertz CT molecular complexity index is 253. The minimum Gasteiger partial charge on any atom is -0.466 e. The molecule has 0 amide bonds. The van der Waals surface area contributed by atoms with Gasteiger partial charge in [-0.05, 0) is 33.2 Å². The fourth-order valence-corrected chi connectivity index (χ4v) is 2.01. The summed E-state index contributed by atoms with van der Waals surface area (Å²) in [5.41, 5.74) is 0. The van der Waals surface area contributed by atoms with Crippen LogP contribution < -0.4 is 0 Å². The number of nitrogens with zero attached hydrogens (tertiary/aromatic N) is 1. The third-order valence-corrected chi connectivity index (χ3v) is 2.98. The minimum absolute atomic E-state index is 0.141. The van der Waals surface area contributed by atoms with E-state index in [1.807, 2.05) is 0 Å². The van der Waals surface area contributed by atoms with Crippen molar-refractivity contribution in [2.24, 2.45) is 0 Å². The maximum absolute atomic E-state index is 11.6. The summed E-state index contributed by atoms with van der Waals surface area (Å²) < 4.78 is 4.78. The van der Waals surface area contributed by atoms with Crippen molar-refractivity contribution in [2.45, 2.75) is 45.6 Å². The van der Waals surface area contributed by atoms with Crippen molar-refractivity contribution < 1.29 is 14.3 Å².